The third-order valence-electron chi connectivity index (χ3n) is 3.48. The lowest BCUT2D eigenvalue weighted by Gasteiger charge is -2.20. The molecule has 0 aliphatic carbocycles. The van der Waals surface area contributed by atoms with Gasteiger partial charge in [0.25, 0.3) is 0 Å². The molecule has 2 rings (SSSR count). The molecule has 4 nitrogen and oxygen atoms in total. The second-order valence-electron chi connectivity index (χ2n) is 5.09. The number of halogens is 3. The molecule has 0 fully saturated rings. The number of sulfonamides is 1. The van der Waals surface area contributed by atoms with Crippen molar-refractivity contribution in [3.05, 3.63) is 59.7 Å². The summed E-state index contributed by atoms with van der Waals surface area (Å²) in [6.45, 7) is -0.385. The number of rotatable bonds is 5. The van der Waals surface area contributed by atoms with Crippen molar-refractivity contribution in [1.82, 2.24) is 4.31 Å². The van der Waals surface area contributed by atoms with Crippen LogP contribution in [0.2, 0.25) is 0 Å². The lowest BCUT2D eigenvalue weighted by atomic mass is 10.1. The van der Waals surface area contributed by atoms with Crippen LogP contribution in [0.3, 0.4) is 0 Å². The number of benzene rings is 2. The molecule has 0 amide bonds. The number of nitrogens with zero attached hydrogens (tertiary/aromatic N) is 1. The summed E-state index contributed by atoms with van der Waals surface area (Å²) in [5.74, 6) is 0.485. The van der Waals surface area contributed by atoms with Crippen LogP contribution in [0.1, 0.15) is 11.1 Å². The largest absolute Gasteiger partial charge is 0.497 e. The van der Waals surface area contributed by atoms with Crippen molar-refractivity contribution in [2.45, 2.75) is 17.6 Å². The molecule has 0 aliphatic rings. The van der Waals surface area contributed by atoms with Crippen molar-refractivity contribution in [3.8, 4) is 5.75 Å². The summed E-state index contributed by atoms with van der Waals surface area (Å²) >= 11 is 0. The van der Waals surface area contributed by atoms with Crippen molar-refractivity contribution < 1.29 is 26.3 Å². The third-order valence-corrected chi connectivity index (χ3v) is 5.30. The van der Waals surface area contributed by atoms with E-state index < -0.39 is 21.8 Å². The van der Waals surface area contributed by atoms with Gasteiger partial charge >= 0.3 is 6.18 Å². The van der Waals surface area contributed by atoms with Crippen LogP contribution in [0.15, 0.2) is 53.4 Å². The van der Waals surface area contributed by atoms with Gasteiger partial charge in [0.1, 0.15) is 5.75 Å². The Morgan fingerprint density at radius 3 is 2.17 bits per heavy atom. The van der Waals surface area contributed by atoms with Gasteiger partial charge in [0.15, 0.2) is 0 Å². The fourth-order valence-corrected chi connectivity index (χ4v) is 3.34. The number of hydrogen-bond acceptors (Lipinski definition) is 3. The van der Waals surface area contributed by atoms with Crippen LogP contribution >= 0.6 is 0 Å². The molecule has 0 bridgehead atoms. The maximum absolute atomic E-state index is 13.0. The van der Waals surface area contributed by atoms with E-state index in [-0.39, 0.29) is 17.0 Å². The number of ether oxygens (including phenoxy) is 1. The molecule has 130 valence electrons. The van der Waals surface area contributed by atoms with Crippen LogP contribution in [-0.2, 0) is 22.7 Å². The third kappa shape index (κ3) is 3.88. The molecule has 0 saturated heterocycles. The average molecular weight is 359 g/mol. The van der Waals surface area contributed by atoms with Crippen LogP contribution < -0.4 is 4.74 Å². The van der Waals surface area contributed by atoms with Crippen molar-refractivity contribution in [3.63, 3.8) is 0 Å². The van der Waals surface area contributed by atoms with Crippen LogP contribution in [0, 0.1) is 0 Å². The highest BCUT2D eigenvalue weighted by Crippen LogP contribution is 2.33. The summed E-state index contributed by atoms with van der Waals surface area (Å²) in [6, 6.07) is 10.6. The van der Waals surface area contributed by atoms with Crippen LogP contribution in [-0.4, -0.2) is 26.9 Å². The van der Waals surface area contributed by atoms with E-state index in [4.69, 9.17) is 4.74 Å². The quantitative estimate of drug-likeness (QED) is 0.820. The second kappa shape index (κ2) is 6.82. The topological polar surface area (TPSA) is 46.6 Å². The molecule has 0 N–H and O–H groups in total. The molecule has 2 aromatic rings. The van der Waals surface area contributed by atoms with Crippen LogP contribution in [0.25, 0.3) is 0 Å². The summed E-state index contributed by atoms with van der Waals surface area (Å²) in [5, 5.41) is 0. The van der Waals surface area contributed by atoms with Gasteiger partial charge in [-0.15, -0.1) is 0 Å². The molecule has 0 aliphatic heterocycles. The minimum atomic E-state index is -4.54. The first-order valence-corrected chi connectivity index (χ1v) is 8.36. The molecule has 0 saturated carbocycles. The van der Waals surface area contributed by atoms with E-state index in [0.29, 0.717) is 5.75 Å². The van der Waals surface area contributed by atoms with Gasteiger partial charge in [0, 0.05) is 13.6 Å². The summed E-state index contributed by atoms with van der Waals surface area (Å²) in [7, 11) is -1.22. The fourth-order valence-electron chi connectivity index (χ4n) is 2.19. The molecule has 24 heavy (non-hydrogen) atoms. The Morgan fingerprint density at radius 2 is 1.62 bits per heavy atom. The Bertz CT molecular complexity index is 802. The summed E-state index contributed by atoms with van der Waals surface area (Å²) in [5.41, 5.74) is -0.952. The van der Waals surface area contributed by atoms with Gasteiger partial charge in [0.05, 0.1) is 17.6 Å². The van der Waals surface area contributed by atoms with E-state index in [0.717, 1.165) is 10.4 Å². The van der Waals surface area contributed by atoms with Crippen molar-refractivity contribution in [2.75, 3.05) is 14.2 Å². The molecule has 0 atom stereocenters. The van der Waals surface area contributed by atoms with E-state index in [1.807, 2.05) is 0 Å². The van der Waals surface area contributed by atoms with Crippen LogP contribution in [0.5, 0.6) is 5.75 Å². The Balaban J connectivity index is 2.30. The Kier molecular flexibility index (Phi) is 5.19. The first-order valence-electron chi connectivity index (χ1n) is 6.92. The first-order chi connectivity index (χ1) is 11.2. The van der Waals surface area contributed by atoms with Gasteiger partial charge in [-0.2, -0.15) is 17.5 Å². The highest BCUT2D eigenvalue weighted by atomic mass is 32.2. The van der Waals surface area contributed by atoms with E-state index in [1.54, 1.807) is 0 Å². The highest BCUT2D eigenvalue weighted by Gasteiger charge is 2.34. The Morgan fingerprint density at radius 1 is 1.04 bits per heavy atom. The summed E-state index contributed by atoms with van der Waals surface area (Å²) in [4.78, 5) is -0.0183. The predicted molar refractivity (Wildman–Crippen MR) is 83.1 cm³/mol. The predicted octanol–water partition coefficient (Wildman–Crippen LogP) is 3.53. The number of methoxy groups -OCH3 is 1. The summed E-state index contributed by atoms with van der Waals surface area (Å²) < 4.78 is 69.9. The summed E-state index contributed by atoms with van der Waals surface area (Å²) in [6.07, 6.45) is -4.54. The van der Waals surface area contributed by atoms with Crippen LogP contribution in [0.4, 0.5) is 13.2 Å². The van der Waals surface area contributed by atoms with Gasteiger partial charge in [-0.05, 0) is 35.9 Å². The fraction of sp³-hybridized carbons (Fsp3) is 0.250. The smallest absolute Gasteiger partial charge is 0.416 e. The number of hydrogen-bond donors (Lipinski definition) is 0. The van der Waals surface area contributed by atoms with Gasteiger partial charge < -0.3 is 4.74 Å². The molecular formula is C16H16F3NO3S. The minimum Gasteiger partial charge on any atom is -0.497 e. The van der Waals surface area contributed by atoms with E-state index in [2.05, 4.69) is 0 Å². The van der Waals surface area contributed by atoms with E-state index in [9.17, 15) is 21.6 Å². The SMILES string of the molecule is COc1ccc(S(=O)(=O)N(C)Cc2ccccc2C(F)(F)F)cc1. The van der Waals surface area contributed by atoms with Gasteiger partial charge in [-0.1, -0.05) is 18.2 Å². The second-order valence-corrected chi connectivity index (χ2v) is 7.14. The van der Waals surface area contributed by atoms with Crippen molar-refractivity contribution >= 4 is 10.0 Å². The van der Waals surface area contributed by atoms with Crippen molar-refractivity contribution in [1.29, 1.82) is 0 Å². The zero-order valence-electron chi connectivity index (χ0n) is 13.0. The molecule has 0 aromatic heterocycles. The lowest BCUT2D eigenvalue weighted by Crippen LogP contribution is -2.27. The molecule has 2 aromatic carbocycles. The standard InChI is InChI=1S/C16H16F3NO3S/c1-20(11-12-5-3-4-6-15(12)16(17,18)19)24(21,22)14-9-7-13(23-2)8-10-14/h3-10H,11H2,1-2H3. The highest BCUT2D eigenvalue weighted by molar-refractivity contribution is 7.89. The van der Waals surface area contributed by atoms with Gasteiger partial charge in [0.2, 0.25) is 10.0 Å². The monoisotopic (exact) mass is 359 g/mol. The van der Waals surface area contributed by atoms with E-state index >= 15 is 0 Å². The molecule has 0 spiro atoms. The maximum Gasteiger partial charge on any atom is 0.416 e. The zero-order valence-corrected chi connectivity index (χ0v) is 13.9. The Labute approximate surface area is 138 Å². The molecule has 0 unspecified atom stereocenters. The zero-order chi connectivity index (χ0) is 18.0. The Hall–Kier alpha value is -2.06. The average Bonchev–Trinajstić information content (AvgIpc) is 2.54. The van der Waals surface area contributed by atoms with Gasteiger partial charge in [-0.3, -0.25) is 0 Å². The minimum absolute atomic E-state index is 0.0183. The molecule has 0 radical (unpaired) electrons. The lowest BCUT2D eigenvalue weighted by molar-refractivity contribution is -0.138. The van der Waals surface area contributed by atoms with E-state index in [1.165, 1.54) is 56.6 Å². The molecule has 0 heterocycles. The number of alkyl halides is 3. The maximum atomic E-state index is 13.0. The molecule has 8 heteroatoms. The normalized spacial score (nSPS) is 12.4. The van der Waals surface area contributed by atoms with Gasteiger partial charge in [-0.25, -0.2) is 8.42 Å². The molecular weight excluding hydrogens is 343 g/mol. The van der Waals surface area contributed by atoms with Crippen molar-refractivity contribution in [2.24, 2.45) is 0 Å². The first kappa shape index (κ1) is 18.3.